The number of carbonyl (C=O) groups is 1. The van der Waals surface area contributed by atoms with Crippen molar-refractivity contribution >= 4 is 13.6 Å². The number of hydrogen-bond acceptors (Lipinski definition) is 3. The van der Waals surface area contributed by atoms with Crippen LogP contribution in [0.25, 0.3) is 0 Å². The van der Waals surface area contributed by atoms with E-state index in [1.54, 1.807) is 7.41 Å². The molecule has 2 rings (SSSR count). The summed E-state index contributed by atoms with van der Waals surface area (Å²) < 4.78 is 0. The molecule has 2 heterocycles. The highest BCUT2D eigenvalue weighted by atomic mass is 16.1. The smallest absolute Gasteiger partial charge is 0.293 e. The SMILES string of the molecule is O=C[B]N1CCC2(CC1)CNC2. The maximum absolute atomic E-state index is 10.2. The monoisotopic (exact) mass is 165 g/mol. The van der Waals surface area contributed by atoms with E-state index in [0.717, 1.165) is 19.3 Å². The van der Waals surface area contributed by atoms with Gasteiger partial charge in [0, 0.05) is 13.1 Å². The van der Waals surface area contributed by atoms with Crippen molar-refractivity contribution in [3.05, 3.63) is 0 Å². The van der Waals surface area contributed by atoms with Gasteiger partial charge in [0.05, 0.1) is 6.19 Å². The molecule has 2 fully saturated rings. The van der Waals surface area contributed by atoms with Gasteiger partial charge >= 0.3 is 0 Å². The van der Waals surface area contributed by atoms with E-state index in [1.807, 2.05) is 0 Å². The number of nitrogens with one attached hydrogen (secondary N) is 1. The van der Waals surface area contributed by atoms with Gasteiger partial charge in [0.2, 0.25) is 0 Å². The van der Waals surface area contributed by atoms with Gasteiger partial charge in [-0.25, -0.2) is 0 Å². The van der Waals surface area contributed by atoms with Gasteiger partial charge in [-0.2, -0.15) is 0 Å². The first-order chi connectivity index (χ1) is 5.85. The first kappa shape index (κ1) is 8.26. The summed E-state index contributed by atoms with van der Waals surface area (Å²) in [6.45, 7) is 4.48. The minimum absolute atomic E-state index is 0.591. The highest BCUT2D eigenvalue weighted by Crippen LogP contribution is 2.34. The molecule has 2 saturated heterocycles. The summed E-state index contributed by atoms with van der Waals surface area (Å²) >= 11 is 0. The second-order valence-electron chi connectivity index (χ2n) is 3.92. The van der Waals surface area contributed by atoms with Crippen LogP contribution in [0.15, 0.2) is 0 Å². The lowest BCUT2D eigenvalue weighted by Crippen LogP contribution is -2.58. The van der Waals surface area contributed by atoms with Crippen LogP contribution >= 0.6 is 0 Å². The van der Waals surface area contributed by atoms with Gasteiger partial charge < -0.3 is 14.9 Å². The molecule has 2 aliphatic rings. The van der Waals surface area contributed by atoms with Crippen LogP contribution in [0.5, 0.6) is 0 Å². The van der Waals surface area contributed by atoms with Crippen molar-refractivity contribution in [1.82, 2.24) is 10.1 Å². The third-order valence-electron chi connectivity index (χ3n) is 3.13. The second-order valence-corrected chi connectivity index (χ2v) is 3.92. The van der Waals surface area contributed by atoms with Crippen LogP contribution in [0.4, 0.5) is 0 Å². The summed E-state index contributed by atoms with van der Waals surface area (Å²) in [6.07, 6.45) is 3.37. The van der Waals surface area contributed by atoms with Crippen LogP contribution in [0, 0.1) is 5.41 Å². The number of hydrogen-bond donors (Lipinski definition) is 1. The van der Waals surface area contributed by atoms with E-state index in [-0.39, 0.29) is 0 Å². The highest BCUT2D eigenvalue weighted by molar-refractivity contribution is 6.64. The molecule has 1 radical (unpaired) electrons. The predicted octanol–water partition coefficient (Wildman–Crippen LogP) is -0.519. The van der Waals surface area contributed by atoms with E-state index in [1.165, 1.54) is 25.9 Å². The maximum atomic E-state index is 10.2. The standard InChI is InChI=1S/C8H14BN2O/c12-7-9-11-3-1-8(2-4-11)5-10-6-8/h7,10H,1-6H2. The van der Waals surface area contributed by atoms with Crippen molar-refractivity contribution in [3.63, 3.8) is 0 Å². The summed E-state index contributed by atoms with van der Waals surface area (Å²) in [5.41, 5.74) is 0.591. The Kier molecular flexibility index (Phi) is 2.19. The predicted molar refractivity (Wildman–Crippen MR) is 48.6 cm³/mol. The van der Waals surface area contributed by atoms with Gasteiger partial charge in [-0.1, -0.05) is 0 Å². The van der Waals surface area contributed by atoms with Crippen LogP contribution in [-0.2, 0) is 4.79 Å². The van der Waals surface area contributed by atoms with Crippen molar-refractivity contribution in [2.45, 2.75) is 12.8 Å². The minimum Gasteiger partial charge on any atom is -0.340 e. The molecule has 12 heavy (non-hydrogen) atoms. The normalized spacial score (nSPS) is 28.0. The lowest BCUT2D eigenvalue weighted by molar-refractivity contribution is 0.0872. The molecule has 0 aliphatic carbocycles. The van der Waals surface area contributed by atoms with Crippen LogP contribution in [0.1, 0.15) is 12.8 Å². The number of piperidine rings is 1. The molecule has 0 saturated carbocycles. The summed E-state index contributed by atoms with van der Waals surface area (Å²) in [5, 5.41) is 3.32. The molecule has 1 N–H and O–H groups in total. The summed E-state index contributed by atoms with van der Waals surface area (Å²) in [7, 11) is 1.67. The van der Waals surface area contributed by atoms with Crippen molar-refractivity contribution in [2.75, 3.05) is 26.2 Å². The fourth-order valence-corrected chi connectivity index (χ4v) is 2.07. The Morgan fingerprint density at radius 1 is 1.33 bits per heavy atom. The molecule has 0 aromatic rings. The summed E-state index contributed by atoms with van der Waals surface area (Å²) in [5.74, 6) is 0. The van der Waals surface area contributed by atoms with Crippen molar-refractivity contribution < 1.29 is 4.79 Å². The molecule has 0 aromatic carbocycles. The average molecular weight is 165 g/mol. The summed E-state index contributed by atoms with van der Waals surface area (Å²) in [6, 6.07) is 0. The molecule has 0 amide bonds. The Bertz CT molecular complexity index is 172. The fourth-order valence-electron chi connectivity index (χ4n) is 2.07. The molecule has 0 atom stereocenters. The molecule has 0 bridgehead atoms. The fraction of sp³-hybridized carbons (Fsp3) is 0.875. The topological polar surface area (TPSA) is 32.3 Å². The van der Waals surface area contributed by atoms with Crippen LogP contribution < -0.4 is 5.32 Å². The highest BCUT2D eigenvalue weighted by Gasteiger charge is 2.39. The molecule has 2 aliphatic heterocycles. The molecule has 1 spiro atoms. The van der Waals surface area contributed by atoms with Crippen LogP contribution in [-0.4, -0.2) is 44.6 Å². The summed E-state index contributed by atoms with van der Waals surface area (Å²) in [4.78, 5) is 12.3. The minimum atomic E-state index is 0.591. The molecular formula is C8H14BN2O. The van der Waals surface area contributed by atoms with E-state index in [4.69, 9.17) is 0 Å². The van der Waals surface area contributed by atoms with Gasteiger partial charge in [-0.15, -0.1) is 0 Å². The largest absolute Gasteiger partial charge is 0.340 e. The number of nitrogens with zero attached hydrogens (tertiary/aromatic N) is 1. The van der Waals surface area contributed by atoms with Gasteiger partial charge in [0.25, 0.3) is 7.41 Å². The van der Waals surface area contributed by atoms with Gasteiger partial charge in [0.1, 0.15) is 0 Å². The van der Waals surface area contributed by atoms with Crippen molar-refractivity contribution in [1.29, 1.82) is 0 Å². The van der Waals surface area contributed by atoms with Gasteiger partial charge in [-0.05, 0) is 31.3 Å². The van der Waals surface area contributed by atoms with E-state index in [2.05, 4.69) is 10.1 Å². The average Bonchev–Trinajstić information content (AvgIpc) is 2.04. The third-order valence-corrected chi connectivity index (χ3v) is 3.13. The van der Waals surface area contributed by atoms with E-state index >= 15 is 0 Å². The molecule has 3 nitrogen and oxygen atoms in total. The first-order valence-electron chi connectivity index (χ1n) is 4.58. The van der Waals surface area contributed by atoms with Crippen LogP contribution in [0.2, 0.25) is 0 Å². The maximum Gasteiger partial charge on any atom is 0.293 e. The molecule has 0 aromatic heterocycles. The number of rotatable bonds is 2. The first-order valence-corrected chi connectivity index (χ1v) is 4.58. The van der Waals surface area contributed by atoms with E-state index in [0.29, 0.717) is 5.41 Å². The second kappa shape index (κ2) is 3.19. The quantitative estimate of drug-likeness (QED) is 0.441. The zero-order chi connectivity index (χ0) is 8.44. The van der Waals surface area contributed by atoms with Gasteiger partial charge in [-0.3, -0.25) is 0 Å². The lowest BCUT2D eigenvalue weighted by atomic mass is 9.72. The Balaban J connectivity index is 1.80. The molecule has 65 valence electrons. The zero-order valence-electron chi connectivity index (χ0n) is 7.25. The van der Waals surface area contributed by atoms with E-state index < -0.39 is 0 Å². The number of carbonyl (C=O) groups excluding carboxylic acids is 1. The van der Waals surface area contributed by atoms with Crippen LogP contribution in [0.3, 0.4) is 0 Å². The van der Waals surface area contributed by atoms with Crippen molar-refractivity contribution in [3.8, 4) is 0 Å². The molecule has 4 heteroatoms. The Hall–Kier alpha value is -0.345. The van der Waals surface area contributed by atoms with Gasteiger partial charge in [0.15, 0.2) is 0 Å². The lowest BCUT2D eigenvalue weighted by Gasteiger charge is -2.48. The Labute approximate surface area is 73.8 Å². The van der Waals surface area contributed by atoms with Crippen molar-refractivity contribution in [2.24, 2.45) is 5.41 Å². The third kappa shape index (κ3) is 1.41. The molecule has 0 unspecified atom stereocenters. The zero-order valence-corrected chi connectivity index (χ0v) is 7.25. The Morgan fingerprint density at radius 2 is 2.00 bits per heavy atom. The van der Waals surface area contributed by atoms with E-state index in [9.17, 15) is 4.79 Å². The molecular weight excluding hydrogens is 151 g/mol. The Morgan fingerprint density at radius 3 is 2.42 bits per heavy atom.